The van der Waals surface area contributed by atoms with Gasteiger partial charge in [-0.15, -0.1) is 0 Å². The largest absolute Gasteiger partial charge is 0.480 e. The van der Waals surface area contributed by atoms with E-state index >= 15 is 0 Å². The van der Waals surface area contributed by atoms with Crippen molar-refractivity contribution in [1.82, 2.24) is 4.90 Å². The molecule has 2 rings (SSSR count). The number of likely N-dealkylation sites (tertiary alicyclic amines) is 1. The molecule has 1 N–H and O–H groups in total. The van der Waals surface area contributed by atoms with E-state index in [9.17, 15) is 9.90 Å². The van der Waals surface area contributed by atoms with E-state index in [4.69, 9.17) is 11.6 Å². The van der Waals surface area contributed by atoms with Gasteiger partial charge in [0.05, 0.1) is 5.02 Å². The van der Waals surface area contributed by atoms with Crippen molar-refractivity contribution in [3.8, 4) is 0 Å². The van der Waals surface area contributed by atoms with Crippen LogP contribution in [0.5, 0.6) is 0 Å². The number of carboxylic acids is 1. The molecule has 1 atom stereocenters. The Balaban J connectivity index is 2.18. The number of halogens is 2. The van der Waals surface area contributed by atoms with Gasteiger partial charge in [-0.2, -0.15) is 0 Å². The Kier molecular flexibility index (Phi) is 3.99. The molecule has 0 bridgehead atoms. The molecule has 0 aliphatic carbocycles. The van der Waals surface area contributed by atoms with Crippen molar-refractivity contribution in [2.45, 2.75) is 31.8 Å². The first-order chi connectivity index (χ1) is 8.43. The highest BCUT2D eigenvalue weighted by Crippen LogP contribution is 2.32. The van der Waals surface area contributed by atoms with Gasteiger partial charge in [0.15, 0.2) is 0 Å². The fourth-order valence-electron chi connectivity index (χ4n) is 2.37. The third-order valence-electron chi connectivity index (χ3n) is 3.61. The van der Waals surface area contributed by atoms with E-state index in [1.807, 2.05) is 23.1 Å². The molecule has 18 heavy (non-hydrogen) atoms. The monoisotopic (exact) mass is 331 g/mol. The number of carboxylic acid groups (broad SMARTS) is 1. The fourth-order valence-corrected chi connectivity index (χ4v) is 2.92. The zero-order valence-corrected chi connectivity index (χ0v) is 12.5. The lowest BCUT2D eigenvalue weighted by atomic mass is 9.99. The molecule has 1 saturated heterocycles. The van der Waals surface area contributed by atoms with Crippen LogP contribution in [0.4, 0.5) is 0 Å². The summed E-state index contributed by atoms with van der Waals surface area (Å²) in [7, 11) is 0. The summed E-state index contributed by atoms with van der Waals surface area (Å²) in [6, 6.07) is 5.71. The van der Waals surface area contributed by atoms with Gasteiger partial charge in [0.1, 0.15) is 5.54 Å². The molecule has 0 aromatic heterocycles. The quantitative estimate of drug-likeness (QED) is 0.920. The van der Waals surface area contributed by atoms with Crippen molar-refractivity contribution in [1.29, 1.82) is 0 Å². The SMILES string of the molecule is CC1(C(=O)O)CCCN1Cc1ccc(Cl)c(Br)c1. The molecule has 3 nitrogen and oxygen atoms in total. The number of hydrogen-bond acceptors (Lipinski definition) is 2. The van der Waals surface area contributed by atoms with Gasteiger partial charge in [-0.1, -0.05) is 17.7 Å². The first-order valence-corrected chi connectivity index (χ1v) is 7.03. The average Bonchev–Trinajstić information content (AvgIpc) is 2.67. The predicted octanol–water partition coefficient (Wildman–Crippen LogP) is 3.54. The van der Waals surface area contributed by atoms with Crippen molar-refractivity contribution in [3.63, 3.8) is 0 Å². The summed E-state index contributed by atoms with van der Waals surface area (Å²) in [6.45, 7) is 3.26. The van der Waals surface area contributed by atoms with Gasteiger partial charge in [-0.3, -0.25) is 9.69 Å². The summed E-state index contributed by atoms with van der Waals surface area (Å²) in [6.07, 6.45) is 1.63. The van der Waals surface area contributed by atoms with Crippen LogP contribution in [0.15, 0.2) is 22.7 Å². The van der Waals surface area contributed by atoms with E-state index in [2.05, 4.69) is 15.9 Å². The zero-order chi connectivity index (χ0) is 13.3. The van der Waals surface area contributed by atoms with Crippen LogP contribution in [-0.4, -0.2) is 28.1 Å². The normalized spacial score (nSPS) is 24.4. The maximum absolute atomic E-state index is 11.4. The molecule has 0 spiro atoms. The third-order valence-corrected chi connectivity index (χ3v) is 4.82. The highest BCUT2D eigenvalue weighted by atomic mass is 79.9. The van der Waals surface area contributed by atoms with E-state index in [1.165, 1.54) is 0 Å². The van der Waals surface area contributed by atoms with Crippen LogP contribution in [0.2, 0.25) is 5.02 Å². The summed E-state index contributed by atoms with van der Waals surface area (Å²) in [4.78, 5) is 13.4. The fraction of sp³-hybridized carbons (Fsp3) is 0.462. The number of benzene rings is 1. The minimum absolute atomic E-state index is 0.637. The van der Waals surface area contributed by atoms with E-state index in [0.29, 0.717) is 18.0 Å². The molecule has 1 aromatic carbocycles. The van der Waals surface area contributed by atoms with Gasteiger partial charge in [-0.05, 0) is 59.9 Å². The van der Waals surface area contributed by atoms with Crippen molar-refractivity contribution in [3.05, 3.63) is 33.3 Å². The Hall–Kier alpha value is -0.580. The lowest BCUT2D eigenvalue weighted by molar-refractivity contribution is -0.148. The lowest BCUT2D eigenvalue weighted by Gasteiger charge is -2.31. The molecule has 0 radical (unpaired) electrons. The first kappa shape index (κ1) is 13.8. The maximum atomic E-state index is 11.4. The summed E-state index contributed by atoms with van der Waals surface area (Å²) in [5.74, 6) is -0.743. The molecule has 98 valence electrons. The van der Waals surface area contributed by atoms with Crippen molar-refractivity contribution in [2.24, 2.45) is 0 Å². The molecule has 1 heterocycles. The van der Waals surface area contributed by atoms with Crippen LogP contribution in [-0.2, 0) is 11.3 Å². The molecular formula is C13H15BrClNO2. The third kappa shape index (κ3) is 2.56. The number of hydrogen-bond donors (Lipinski definition) is 1. The molecule has 5 heteroatoms. The van der Waals surface area contributed by atoms with Crippen molar-refractivity contribution >= 4 is 33.5 Å². The Labute approximate surface area is 120 Å². The highest BCUT2D eigenvalue weighted by molar-refractivity contribution is 9.10. The standard InChI is InChI=1S/C13H15BrClNO2/c1-13(12(17)18)5-2-6-16(13)8-9-3-4-11(15)10(14)7-9/h3-4,7H,2,5-6,8H2,1H3,(H,17,18). The minimum atomic E-state index is -0.744. The summed E-state index contributed by atoms with van der Waals surface area (Å²) < 4.78 is 0.845. The van der Waals surface area contributed by atoms with Crippen molar-refractivity contribution < 1.29 is 9.90 Å². The smallest absolute Gasteiger partial charge is 0.323 e. The molecule has 1 aliphatic rings. The van der Waals surface area contributed by atoms with E-state index in [-0.39, 0.29) is 0 Å². The molecule has 1 fully saturated rings. The van der Waals surface area contributed by atoms with Crippen LogP contribution in [0.1, 0.15) is 25.3 Å². The number of aliphatic carboxylic acids is 1. The number of rotatable bonds is 3. The first-order valence-electron chi connectivity index (χ1n) is 5.86. The Morgan fingerprint density at radius 1 is 1.61 bits per heavy atom. The second-order valence-electron chi connectivity index (χ2n) is 4.85. The molecule has 1 aromatic rings. The molecule has 0 saturated carbocycles. The maximum Gasteiger partial charge on any atom is 0.323 e. The van der Waals surface area contributed by atoms with Crippen LogP contribution in [0, 0.1) is 0 Å². The van der Waals surface area contributed by atoms with Gasteiger partial charge in [-0.25, -0.2) is 0 Å². The van der Waals surface area contributed by atoms with Gasteiger partial charge in [0, 0.05) is 11.0 Å². The van der Waals surface area contributed by atoms with E-state index < -0.39 is 11.5 Å². The van der Waals surface area contributed by atoms with Crippen LogP contribution < -0.4 is 0 Å². The topological polar surface area (TPSA) is 40.5 Å². The van der Waals surface area contributed by atoms with Crippen molar-refractivity contribution in [2.75, 3.05) is 6.54 Å². The summed E-state index contributed by atoms with van der Waals surface area (Å²) >= 11 is 9.34. The molecule has 1 unspecified atom stereocenters. The Morgan fingerprint density at radius 2 is 2.33 bits per heavy atom. The second-order valence-corrected chi connectivity index (χ2v) is 6.11. The molecule has 0 amide bonds. The van der Waals surface area contributed by atoms with E-state index in [0.717, 1.165) is 23.0 Å². The molecular weight excluding hydrogens is 318 g/mol. The van der Waals surface area contributed by atoms with Gasteiger partial charge in [0.25, 0.3) is 0 Å². The van der Waals surface area contributed by atoms with Crippen LogP contribution in [0.25, 0.3) is 0 Å². The zero-order valence-electron chi connectivity index (χ0n) is 10.1. The summed E-state index contributed by atoms with van der Waals surface area (Å²) in [5.41, 5.74) is 0.326. The number of carbonyl (C=O) groups is 1. The van der Waals surface area contributed by atoms with Crippen LogP contribution in [0.3, 0.4) is 0 Å². The average molecular weight is 333 g/mol. The lowest BCUT2D eigenvalue weighted by Crippen LogP contribution is -2.47. The Bertz CT molecular complexity index is 480. The summed E-state index contributed by atoms with van der Waals surface area (Å²) in [5, 5.41) is 10.0. The minimum Gasteiger partial charge on any atom is -0.480 e. The number of nitrogens with zero attached hydrogens (tertiary/aromatic N) is 1. The van der Waals surface area contributed by atoms with Gasteiger partial charge in [0.2, 0.25) is 0 Å². The molecule has 1 aliphatic heterocycles. The van der Waals surface area contributed by atoms with Crippen LogP contribution >= 0.6 is 27.5 Å². The van der Waals surface area contributed by atoms with Gasteiger partial charge >= 0.3 is 5.97 Å². The Morgan fingerprint density at radius 3 is 2.94 bits per heavy atom. The van der Waals surface area contributed by atoms with Gasteiger partial charge < -0.3 is 5.11 Å². The second kappa shape index (κ2) is 5.19. The van der Waals surface area contributed by atoms with E-state index in [1.54, 1.807) is 6.92 Å². The highest BCUT2D eigenvalue weighted by Gasteiger charge is 2.43. The predicted molar refractivity (Wildman–Crippen MR) is 74.8 cm³/mol.